The van der Waals surface area contributed by atoms with E-state index >= 15 is 0 Å². The lowest BCUT2D eigenvalue weighted by Gasteiger charge is -2.12. The molecular formula is C21H34O2. The molecule has 0 amide bonds. The smallest absolute Gasteiger partial charge is 0.129 e. The summed E-state index contributed by atoms with van der Waals surface area (Å²) in [4.78, 5) is 10.8. The van der Waals surface area contributed by atoms with Crippen LogP contribution in [0.2, 0.25) is 0 Å². The number of hydrogen-bond donors (Lipinski definition) is 0. The number of carbonyl (C=O) groups is 1. The van der Waals surface area contributed by atoms with Gasteiger partial charge >= 0.3 is 0 Å². The zero-order valence-electron chi connectivity index (χ0n) is 15.5. The Morgan fingerprint density at radius 2 is 1.61 bits per heavy atom. The minimum Gasteiger partial charge on any atom is -0.493 e. The molecule has 0 radical (unpaired) electrons. The largest absolute Gasteiger partial charge is 0.493 e. The molecule has 0 saturated heterocycles. The van der Waals surface area contributed by atoms with E-state index < -0.39 is 0 Å². The van der Waals surface area contributed by atoms with Gasteiger partial charge in [0, 0.05) is 6.42 Å². The number of hydrogen-bond acceptors (Lipinski definition) is 2. The highest BCUT2D eigenvalue weighted by molar-refractivity contribution is 5.75. The minimum atomic E-state index is 0.318. The highest BCUT2D eigenvalue weighted by Gasteiger charge is 2.04. The van der Waals surface area contributed by atoms with E-state index in [-0.39, 0.29) is 0 Å². The van der Waals surface area contributed by atoms with Crippen molar-refractivity contribution in [2.75, 3.05) is 6.61 Å². The summed E-state index contributed by atoms with van der Waals surface area (Å²) in [5.74, 6) is 1.90. The fourth-order valence-electron chi connectivity index (χ4n) is 2.67. The lowest BCUT2D eigenvalue weighted by atomic mass is 10.0. The van der Waals surface area contributed by atoms with Gasteiger partial charge in [0.2, 0.25) is 0 Å². The van der Waals surface area contributed by atoms with E-state index in [1.807, 2.05) is 0 Å². The van der Waals surface area contributed by atoms with Crippen molar-refractivity contribution in [1.82, 2.24) is 0 Å². The Morgan fingerprint density at radius 1 is 1.00 bits per heavy atom. The molecule has 0 N–H and O–H groups in total. The summed E-state index contributed by atoms with van der Waals surface area (Å²) < 4.78 is 5.96. The van der Waals surface area contributed by atoms with Crippen molar-refractivity contribution in [3.8, 4) is 5.75 Å². The third-order valence-electron chi connectivity index (χ3n) is 4.31. The lowest BCUT2D eigenvalue weighted by molar-refractivity contribution is -0.117. The fourth-order valence-corrected chi connectivity index (χ4v) is 2.67. The molecule has 0 aromatic heterocycles. The molecule has 0 aliphatic carbocycles. The number of ether oxygens (including phenoxy) is 1. The Kier molecular flexibility index (Phi) is 9.66. The van der Waals surface area contributed by atoms with E-state index in [9.17, 15) is 4.79 Å². The summed E-state index contributed by atoms with van der Waals surface area (Å²) in [6.45, 7) is 9.03. The maximum atomic E-state index is 10.8. The molecule has 23 heavy (non-hydrogen) atoms. The second kappa shape index (κ2) is 11.3. The highest BCUT2D eigenvalue weighted by atomic mass is 16.5. The third-order valence-corrected chi connectivity index (χ3v) is 4.31. The zero-order valence-corrected chi connectivity index (χ0v) is 15.5. The highest BCUT2D eigenvalue weighted by Crippen LogP contribution is 2.24. The molecule has 0 saturated carbocycles. The van der Waals surface area contributed by atoms with E-state index in [2.05, 4.69) is 39.0 Å². The van der Waals surface area contributed by atoms with Crippen LogP contribution in [0.1, 0.15) is 89.2 Å². The van der Waals surface area contributed by atoms with Gasteiger partial charge in [0.25, 0.3) is 0 Å². The number of unbranched alkanes of at least 4 members (excludes halogenated alkanes) is 6. The summed E-state index contributed by atoms with van der Waals surface area (Å²) in [7, 11) is 0. The molecule has 0 unspecified atom stereocenters. The molecule has 2 nitrogen and oxygen atoms in total. The predicted molar refractivity (Wildman–Crippen MR) is 98.4 cm³/mol. The van der Waals surface area contributed by atoms with Crippen LogP contribution in [0.5, 0.6) is 5.75 Å². The van der Waals surface area contributed by atoms with Crippen LogP contribution in [-0.4, -0.2) is 12.4 Å². The van der Waals surface area contributed by atoms with Gasteiger partial charge in [0.05, 0.1) is 6.61 Å². The van der Waals surface area contributed by atoms with E-state index in [1.54, 1.807) is 6.92 Å². The van der Waals surface area contributed by atoms with Crippen LogP contribution in [-0.2, 0) is 4.79 Å². The number of benzene rings is 1. The molecule has 0 aliphatic heterocycles. The molecule has 0 heterocycles. The van der Waals surface area contributed by atoms with Crippen LogP contribution >= 0.6 is 0 Å². The summed E-state index contributed by atoms with van der Waals surface area (Å²) in [5.41, 5.74) is 2.57. The van der Waals surface area contributed by atoms with Gasteiger partial charge in [0.1, 0.15) is 11.5 Å². The van der Waals surface area contributed by atoms with Crippen LogP contribution in [0.4, 0.5) is 0 Å². The topological polar surface area (TPSA) is 26.3 Å². The Hall–Kier alpha value is -1.31. The molecule has 0 bridgehead atoms. The standard InChI is InChI=1S/C21H34O2/c1-17(2)20-14-13-18(3)21(16-20)23-15-11-9-7-5-6-8-10-12-19(4)22/h13-14,16-17H,5-12,15H2,1-4H3. The van der Waals surface area contributed by atoms with Gasteiger partial charge in [-0.05, 0) is 49.8 Å². The average molecular weight is 319 g/mol. The Balaban J connectivity index is 2.09. The predicted octanol–water partition coefficient (Wildman–Crippen LogP) is 6.21. The summed E-state index contributed by atoms with van der Waals surface area (Å²) in [5, 5.41) is 0. The molecule has 130 valence electrons. The Labute approximate surface area is 142 Å². The van der Waals surface area contributed by atoms with E-state index in [0.29, 0.717) is 11.7 Å². The first kappa shape index (κ1) is 19.7. The van der Waals surface area contributed by atoms with Crippen molar-refractivity contribution in [3.63, 3.8) is 0 Å². The molecule has 0 aliphatic rings. The lowest BCUT2D eigenvalue weighted by Crippen LogP contribution is -2.00. The maximum Gasteiger partial charge on any atom is 0.129 e. The first-order valence-corrected chi connectivity index (χ1v) is 9.23. The zero-order chi connectivity index (χ0) is 17.1. The number of rotatable bonds is 12. The van der Waals surface area contributed by atoms with E-state index in [4.69, 9.17) is 4.74 Å². The quantitative estimate of drug-likeness (QED) is 0.428. The first-order valence-electron chi connectivity index (χ1n) is 9.23. The number of aryl methyl sites for hydroxylation is 1. The van der Waals surface area contributed by atoms with Crippen LogP contribution in [0.3, 0.4) is 0 Å². The van der Waals surface area contributed by atoms with Gasteiger partial charge in [-0.15, -0.1) is 0 Å². The molecule has 0 spiro atoms. The summed E-state index contributed by atoms with van der Waals surface area (Å²) in [6, 6.07) is 6.54. The Bertz CT molecular complexity index is 463. The van der Waals surface area contributed by atoms with Gasteiger partial charge in [0.15, 0.2) is 0 Å². The first-order chi connectivity index (χ1) is 11.0. The van der Waals surface area contributed by atoms with Crippen LogP contribution in [0, 0.1) is 6.92 Å². The molecule has 0 atom stereocenters. The van der Waals surface area contributed by atoms with Gasteiger partial charge in [-0.1, -0.05) is 58.1 Å². The van der Waals surface area contributed by atoms with Gasteiger partial charge in [-0.3, -0.25) is 0 Å². The van der Waals surface area contributed by atoms with Crippen molar-refractivity contribution in [3.05, 3.63) is 29.3 Å². The molecule has 1 aromatic carbocycles. The third kappa shape index (κ3) is 8.78. The van der Waals surface area contributed by atoms with E-state index in [0.717, 1.165) is 31.6 Å². The summed E-state index contributed by atoms with van der Waals surface area (Å²) in [6.07, 6.45) is 9.16. The second-order valence-corrected chi connectivity index (χ2v) is 6.95. The number of Topliss-reactive ketones (excluding diaryl/α,β-unsaturated/α-hetero) is 1. The van der Waals surface area contributed by atoms with E-state index in [1.165, 1.54) is 43.2 Å². The van der Waals surface area contributed by atoms with Gasteiger partial charge < -0.3 is 9.53 Å². The Morgan fingerprint density at radius 3 is 2.22 bits per heavy atom. The molecule has 2 heteroatoms. The molecule has 1 aromatic rings. The van der Waals surface area contributed by atoms with Crippen molar-refractivity contribution in [1.29, 1.82) is 0 Å². The average Bonchev–Trinajstić information content (AvgIpc) is 2.50. The van der Waals surface area contributed by atoms with Crippen LogP contribution in [0.15, 0.2) is 18.2 Å². The SMILES string of the molecule is CC(=O)CCCCCCCCCOc1cc(C(C)C)ccc1C. The second-order valence-electron chi connectivity index (χ2n) is 6.95. The number of ketones is 1. The monoisotopic (exact) mass is 318 g/mol. The minimum absolute atomic E-state index is 0.318. The fraction of sp³-hybridized carbons (Fsp3) is 0.667. The van der Waals surface area contributed by atoms with Gasteiger partial charge in [-0.2, -0.15) is 0 Å². The molecule has 0 fully saturated rings. The normalized spacial score (nSPS) is 11.0. The van der Waals surface area contributed by atoms with Gasteiger partial charge in [-0.25, -0.2) is 0 Å². The maximum absolute atomic E-state index is 10.8. The number of carbonyl (C=O) groups excluding carboxylic acids is 1. The molecule has 1 rings (SSSR count). The van der Waals surface area contributed by atoms with Crippen molar-refractivity contribution in [2.45, 2.75) is 85.0 Å². The van der Waals surface area contributed by atoms with Crippen molar-refractivity contribution >= 4 is 5.78 Å². The van der Waals surface area contributed by atoms with Crippen molar-refractivity contribution in [2.24, 2.45) is 0 Å². The van der Waals surface area contributed by atoms with Crippen molar-refractivity contribution < 1.29 is 9.53 Å². The van der Waals surface area contributed by atoms with Crippen LogP contribution in [0.25, 0.3) is 0 Å². The summed E-state index contributed by atoms with van der Waals surface area (Å²) >= 11 is 0. The molecular weight excluding hydrogens is 284 g/mol. The van der Waals surface area contributed by atoms with Crippen LogP contribution < -0.4 is 4.74 Å².